The number of carboxylic acid groups (broad SMARTS) is 1. The van der Waals surface area contributed by atoms with Crippen LogP contribution in [0.2, 0.25) is 0 Å². The normalized spacial score (nSPS) is 11.4. The van der Waals surface area contributed by atoms with E-state index in [4.69, 9.17) is 0 Å². The molecule has 0 bridgehead atoms. The number of aliphatic carboxylic acids is 1. The second kappa shape index (κ2) is 14.8. The van der Waals surface area contributed by atoms with E-state index in [1.54, 1.807) is 0 Å². The molecule has 0 aliphatic carbocycles. The minimum atomic E-state index is -1.25. The number of hydrogen-bond donors (Lipinski definition) is 1. The van der Waals surface area contributed by atoms with Crippen LogP contribution in [0.15, 0.2) is 194 Å². The van der Waals surface area contributed by atoms with Gasteiger partial charge >= 0.3 is 5.97 Å². The van der Waals surface area contributed by atoms with Gasteiger partial charge in [0.1, 0.15) is 11.6 Å². The lowest BCUT2D eigenvalue weighted by molar-refractivity contribution is -0.132. The molecule has 266 valence electrons. The Kier molecular flexibility index (Phi) is 9.04. The first-order valence-corrected chi connectivity index (χ1v) is 19.1. The van der Waals surface area contributed by atoms with Gasteiger partial charge in [-0.05, 0) is 106 Å². The Hall–Kier alpha value is -7.46. The molecule has 0 fully saturated rings. The molecule has 6 heteroatoms. The predicted octanol–water partition coefficient (Wildman–Crippen LogP) is 13.8. The topological polar surface area (TPSA) is 67.6 Å². The molecular formula is C50H33N3O2S. The van der Waals surface area contributed by atoms with Gasteiger partial charge in [0, 0.05) is 54.7 Å². The molecular weight excluding hydrogens is 707 g/mol. The first-order chi connectivity index (χ1) is 27.6. The zero-order valence-corrected chi connectivity index (χ0v) is 30.9. The molecule has 8 aromatic carbocycles. The molecule has 0 unspecified atom stereocenters. The summed E-state index contributed by atoms with van der Waals surface area (Å²) in [4.78, 5) is 18.5. The fraction of sp³-hybridized carbons (Fsp3) is 0. The molecule has 5 nitrogen and oxygen atoms in total. The summed E-state index contributed by atoms with van der Waals surface area (Å²) in [7, 11) is 0. The second-order valence-electron chi connectivity index (χ2n) is 13.4. The van der Waals surface area contributed by atoms with Gasteiger partial charge in [0.05, 0.1) is 0 Å². The number of rotatable bonds is 9. The summed E-state index contributed by atoms with van der Waals surface area (Å²) in [5.74, 6) is -1.25. The summed E-state index contributed by atoms with van der Waals surface area (Å²) in [5.41, 5.74) is 6.80. The van der Waals surface area contributed by atoms with Crippen LogP contribution in [0.4, 0.5) is 34.1 Å². The number of hydrogen-bond acceptors (Lipinski definition) is 5. The summed E-state index contributed by atoms with van der Waals surface area (Å²) in [6, 6.07) is 66.7. The van der Waals surface area contributed by atoms with Gasteiger partial charge in [0.25, 0.3) is 0 Å². The number of nitrogens with zero attached hydrogens (tertiary/aromatic N) is 3. The highest BCUT2D eigenvalue weighted by molar-refractivity contribution is 7.18. The molecule has 0 aliphatic heterocycles. The molecule has 1 heterocycles. The van der Waals surface area contributed by atoms with E-state index in [0.29, 0.717) is 0 Å². The lowest BCUT2D eigenvalue weighted by atomic mass is 9.92. The largest absolute Gasteiger partial charge is 0.477 e. The third-order valence-electron chi connectivity index (χ3n) is 10.0. The summed E-state index contributed by atoms with van der Waals surface area (Å²) in [5, 5.41) is 25.9. The summed E-state index contributed by atoms with van der Waals surface area (Å²) < 4.78 is 0. The van der Waals surface area contributed by atoms with Crippen molar-refractivity contribution < 1.29 is 9.90 Å². The predicted molar refractivity (Wildman–Crippen MR) is 233 cm³/mol. The van der Waals surface area contributed by atoms with Crippen molar-refractivity contribution in [2.75, 3.05) is 9.80 Å². The van der Waals surface area contributed by atoms with Crippen LogP contribution in [0.3, 0.4) is 0 Å². The van der Waals surface area contributed by atoms with Crippen molar-refractivity contribution in [2.24, 2.45) is 0 Å². The summed E-state index contributed by atoms with van der Waals surface area (Å²) in [6.07, 6.45) is 1.53. The number of carbonyl (C=O) groups is 1. The molecule has 0 saturated carbocycles. The number of nitriles is 1. The van der Waals surface area contributed by atoms with Gasteiger partial charge in [0.2, 0.25) is 0 Å². The minimum absolute atomic E-state index is 0.311. The third-order valence-corrected chi connectivity index (χ3v) is 11.2. The highest BCUT2D eigenvalue weighted by Crippen LogP contribution is 2.50. The molecule has 1 N–H and O–H groups in total. The molecule has 9 rings (SSSR count). The van der Waals surface area contributed by atoms with Crippen LogP contribution in [0, 0.1) is 11.3 Å². The van der Waals surface area contributed by atoms with Crippen LogP contribution in [-0.4, -0.2) is 11.1 Å². The number of carboxylic acids is 1. The van der Waals surface area contributed by atoms with Crippen molar-refractivity contribution in [3.05, 3.63) is 199 Å². The Morgan fingerprint density at radius 2 is 0.893 bits per heavy atom. The van der Waals surface area contributed by atoms with Crippen molar-refractivity contribution in [1.82, 2.24) is 0 Å². The summed E-state index contributed by atoms with van der Waals surface area (Å²) in [6.45, 7) is 0. The molecule has 0 spiro atoms. The van der Waals surface area contributed by atoms with Gasteiger partial charge in [-0.1, -0.05) is 115 Å². The van der Waals surface area contributed by atoms with Crippen molar-refractivity contribution >= 4 is 89.8 Å². The van der Waals surface area contributed by atoms with Gasteiger partial charge in [0.15, 0.2) is 0 Å². The third kappa shape index (κ3) is 6.22. The van der Waals surface area contributed by atoms with Gasteiger partial charge in [-0.25, -0.2) is 4.79 Å². The Morgan fingerprint density at radius 1 is 0.500 bits per heavy atom. The van der Waals surface area contributed by atoms with E-state index in [2.05, 4.69) is 131 Å². The number of benzene rings is 8. The maximum Gasteiger partial charge on any atom is 0.346 e. The number of fused-ring (bicyclic) bond motifs is 6. The minimum Gasteiger partial charge on any atom is -0.477 e. The van der Waals surface area contributed by atoms with Crippen molar-refractivity contribution in [3.8, 4) is 16.5 Å². The molecule has 0 radical (unpaired) electrons. The van der Waals surface area contributed by atoms with Crippen LogP contribution >= 0.6 is 11.3 Å². The monoisotopic (exact) mass is 739 g/mol. The number of para-hydroxylation sites is 4. The molecule has 56 heavy (non-hydrogen) atoms. The first kappa shape index (κ1) is 34.3. The Balaban J connectivity index is 1.42. The Labute approximate surface area is 328 Å². The highest BCUT2D eigenvalue weighted by Gasteiger charge is 2.23. The van der Waals surface area contributed by atoms with Crippen molar-refractivity contribution in [2.45, 2.75) is 0 Å². The van der Waals surface area contributed by atoms with E-state index < -0.39 is 5.97 Å². The lowest BCUT2D eigenvalue weighted by Gasteiger charge is -2.27. The van der Waals surface area contributed by atoms with Crippen LogP contribution in [0.25, 0.3) is 48.8 Å². The maximum atomic E-state index is 12.3. The zero-order valence-electron chi connectivity index (χ0n) is 30.1. The first-order valence-electron chi connectivity index (χ1n) is 18.3. The van der Waals surface area contributed by atoms with Crippen LogP contribution in [0.1, 0.15) is 4.88 Å². The Morgan fingerprint density at radius 3 is 1.29 bits per heavy atom. The quantitative estimate of drug-likeness (QED) is 0.0907. The van der Waals surface area contributed by atoms with E-state index in [1.807, 2.05) is 72.8 Å². The van der Waals surface area contributed by atoms with E-state index in [0.717, 1.165) is 81.8 Å². The van der Waals surface area contributed by atoms with Crippen molar-refractivity contribution in [3.63, 3.8) is 0 Å². The zero-order chi connectivity index (χ0) is 38.0. The fourth-order valence-electron chi connectivity index (χ4n) is 7.57. The molecule has 0 saturated heterocycles. The number of thiophene rings is 1. The Bertz CT molecular complexity index is 2860. The van der Waals surface area contributed by atoms with Crippen LogP contribution < -0.4 is 9.80 Å². The average Bonchev–Trinajstić information content (AvgIpc) is 3.64. The maximum absolute atomic E-state index is 12.3. The fourth-order valence-corrected chi connectivity index (χ4v) is 8.85. The molecule has 1 aromatic heterocycles. The molecule has 9 aromatic rings. The van der Waals surface area contributed by atoms with Gasteiger partial charge < -0.3 is 14.9 Å². The second-order valence-corrected chi connectivity index (χ2v) is 14.4. The SMILES string of the molecule is N#C/C(=C/c1sc(-c2ccccc2)c2c3ccc(N(c4ccccc4)c4ccccc4)cc3c3cc(N(c4ccccc4)c4ccccc4)ccc3c12)C(=O)O. The molecule has 0 atom stereocenters. The van der Waals surface area contributed by atoms with Crippen molar-refractivity contribution in [1.29, 1.82) is 5.26 Å². The van der Waals surface area contributed by atoms with Crippen LogP contribution in [0.5, 0.6) is 0 Å². The summed E-state index contributed by atoms with van der Waals surface area (Å²) >= 11 is 1.51. The molecule has 0 amide bonds. The standard InChI is InChI=1S/C50H33N3O2S/c51-33-35(50(54)55)30-46-47-42-28-26-40(52(36-18-8-2-9-19-36)37-20-10-3-11-21-37)31-44(42)45-32-41(53(38-22-12-4-13-23-38)39-24-14-5-15-25-39)27-29-43(45)48(47)49(56-46)34-16-6-1-7-17-34/h1-32H,(H,54,55)/b35-30-. The van der Waals surface area contributed by atoms with Gasteiger partial charge in [-0.3, -0.25) is 0 Å². The average molecular weight is 740 g/mol. The number of anilines is 6. The van der Waals surface area contributed by atoms with E-state index in [9.17, 15) is 15.2 Å². The van der Waals surface area contributed by atoms with E-state index >= 15 is 0 Å². The lowest BCUT2D eigenvalue weighted by Crippen LogP contribution is -2.10. The highest BCUT2D eigenvalue weighted by atomic mass is 32.1. The van der Waals surface area contributed by atoms with Crippen LogP contribution in [-0.2, 0) is 4.79 Å². The smallest absolute Gasteiger partial charge is 0.346 e. The van der Waals surface area contributed by atoms with Gasteiger partial charge in [-0.15, -0.1) is 11.3 Å². The van der Waals surface area contributed by atoms with Gasteiger partial charge in [-0.2, -0.15) is 5.26 Å². The van der Waals surface area contributed by atoms with E-state index in [1.165, 1.54) is 17.4 Å². The molecule has 0 aliphatic rings. The van der Waals surface area contributed by atoms with E-state index in [-0.39, 0.29) is 5.57 Å².